The van der Waals surface area contributed by atoms with E-state index in [-0.39, 0.29) is 4.21 Å². The lowest BCUT2D eigenvalue weighted by Gasteiger charge is -2.22. The molecular formula is C19H33N4O6PS2. The molecule has 0 spiro atoms. The van der Waals surface area contributed by atoms with Crippen LogP contribution in [0.25, 0.3) is 10.1 Å². The maximum atomic E-state index is 12.3. The molecule has 0 fully saturated rings. The molecular weight excluding hydrogens is 475 g/mol. The van der Waals surface area contributed by atoms with Crippen LogP contribution < -0.4 is 20.9 Å². The molecule has 0 atom stereocenters. The lowest BCUT2D eigenvalue weighted by molar-refractivity contribution is 0.230. The third-order valence-corrected chi connectivity index (χ3v) is 8.46. The highest BCUT2D eigenvalue weighted by Crippen LogP contribution is 2.35. The zero-order valence-electron chi connectivity index (χ0n) is 18.0. The Bertz CT molecular complexity index is 995. The van der Waals surface area contributed by atoms with Gasteiger partial charge in [-0.25, -0.2) is 8.42 Å². The van der Waals surface area contributed by atoms with Crippen LogP contribution in [-0.4, -0.2) is 68.7 Å². The fourth-order valence-electron chi connectivity index (χ4n) is 3.07. The van der Waals surface area contributed by atoms with Gasteiger partial charge in [0, 0.05) is 11.2 Å². The number of unbranched alkanes of at least 4 members (excludes halogenated alkanes) is 1. The summed E-state index contributed by atoms with van der Waals surface area (Å²) in [6, 6.07) is 6.80. The second kappa shape index (κ2) is 13.0. The Labute approximate surface area is 193 Å². The van der Waals surface area contributed by atoms with Crippen molar-refractivity contribution in [2.75, 3.05) is 45.6 Å². The SMILES string of the molecule is NCCCCN(CCCN)CCCOc1ccc2sc(S(=O)(=O)NCP(=O)(O)O)cc2c1. The Morgan fingerprint density at radius 3 is 2.41 bits per heavy atom. The van der Waals surface area contributed by atoms with Gasteiger partial charge in [-0.15, -0.1) is 11.3 Å². The zero-order valence-corrected chi connectivity index (χ0v) is 20.5. The molecule has 0 saturated heterocycles. The Balaban J connectivity index is 1.91. The van der Waals surface area contributed by atoms with Gasteiger partial charge in [0.15, 0.2) is 0 Å². The molecule has 2 rings (SSSR count). The Morgan fingerprint density at radius 2 is 1.72 bits per heavy atom. The standard InChI is InChI=1S/C19H33N4O6PS2/c20-7-1-2-9-23(10-3-8-21)11-4-12-29-17-5-6-18-16(13-17)14-19(31-18)32(27,28)22-15-30(24,25)26/h5-6,13-14,22H,1-4,7-12,15,20-21H2,(H2,24,25,26). The van der Waals surface area contributed by atoms with Crippen molar-refractivity contribution in [2.45, 2.75) is 29.9 Å². The van der Waals surface area contributed by atoms with E-state index >= 15 is 0 Å². The Morgan fingerprint density at radius 1 is 1.03 bits per heavy atom. The predicted octanol–water partition coefficient (Wildman–Crippen LogP) is 1.47. The number of benzene rings is 1. The molecule has 1 aromatic carbocycles. The van der Waals surface area contributed by atoms with E-state index in [1.54, 1.807) is 18.2 Å². The second-order valence-electron chi connectivity index (χ2n) is 7.42. The number of hydrogen-bond donors (Lipinski definition) is 5. The minimum atomic E-state index is -4.48. The number of rotatable bonds is 16. The molecule has 0 bridgehead atoms. The average Bonchev–Trinajstić information content (AvgIpc) is 3.17. The average molecular weight is 509 g/mol. The number of hydrogen-bond acceptors (Lipinski definition) is 8. The lowest BCUT2D eigenvalue weighted by Crippen LogP contribution is -2.29. The number of thiophene rings is 1. The van der Waals surface area contributed by atoms with Crippen LogP contribution in [-0.2, 0) is 14.6 Å². The summed E-state index contributed by atoms with van der Waals surface area (Å²) in [7, 11) is -8.49. The minimum absolute atomic E-state index is 0.00822. The number of ether oxygens (including phenoxy) is 1. The largest absolute Gasteiger partial charge is 0.494 e. The molecule has 32 heavy (non-hydrogen) atoms. The maximum absolute atomic E-state index is 12.3. The molecule has 0 radical (unpaired) electrons. The van der Waals surface area contributed by atoms with Gasteiger partial charge in [-0.3, -0.25) is 4.57 Å². The maximum Gasteiger partial charge on any atom is 0.340 e. The number of nitrogens with zero attached hydrogens (tertiary/aromatic N) is 1. The van der Waals surface area contributed by atoms with Gasteiger partial charge in [0.1, 0.15) is 16.2 Å². The first-order valence-electron chi connectivity index (χ1n) is 10.5. The first-order chi connectivity index (χ1) is 15.1. The van der Waals surface area contributed by atoms with Crippen molar-refractivity contribution in [1.29, 1.82) is 0 Å². The molecule has 0 unspecified atom stereocenters. The first kappa shape index (κ1) is 27.2. The van der Waals surface area contributed by atoms with Crippen molar-refractivity contribution in [1.82, 2.24) is 9.62 Å². The molecule has 0 aliphatic rings. The normalized spacial score (nSPS) is 12.7. The van der Waals surface area contributed by atoms with Crippen molar-refractivity contribution >= 4 is 39.0 Å². The molecule has 182 valence electrons. The van der Waals surface area contributed by atoms with Crippen LogP contribution in [0.5, 0.6) is 5.75 Å². The fourth-order valence-corrected chi connectivity index (χ4v) is 6.50. The van der Waals surface area contributed by atoms with E-state index < -0.39 is 23.9 Å². The Kier molecular flexibility index (Phi) is 11.0. The highest BCUT2D eigenvalue weighted by molar-refractivity contribution is 7.92. The van der Waals surface area contributed by atoms with Gasteiger partial charge in [0.05, 0.1) is 6.61 Å². The molecule has 0 amide bonds. The van der Waals surface area contributed by atoms with E-state index in [9.17, 15) is 13.0 Å². The monoisotopic (exact) mass is 508 g/mol. The third kappa shape index (κ3) is 9.42. The second-order valence-corrected chi connectivity index (χ2v) is 12.1. The highest BCUT2D eigenvalue weighted by Gasteiger charge is 2.22. The minimum Gasteiger partial charge on any atom is -0.494 e. The van der Waals surface area contributed by atoms with E-state index in [1.165, 1.54) is 6.07 Å². The summed E-state index contributed by atoms with van der Waals surface area (Å²) in [6.07, 6.45) is 2.92. The first-order valence-corrected chi connectivity index (χ1v) is 14.6. The highest BCUT2D eigenvalue weighted by atomic mass is 32.2. The zero-order chi connectivity index (χ0) is 23.6. The number of nitrogens with one attached hydrogen (secondary N) is 1. The van der Waals surface area contributed by atoms with Crippen LogP contribution in [0.3, 0.4) is 0 Å². The van der Waals surface area contributed by atoms with Gasteiger partial charge in [-0.1, -0.05) is 0 Å². The van der Waals surface area contributed by atoms with Gasteiger partial charge in [0.25, 0.3) is 10.0 Å². The van der Waals surface area contributed by atoms with Crippen LogP contribution in [0.4, 0.5) is 0 Å². The molecule has 0 saturated carbocycles. The summed E-state index contributed by atoms with van der Waals surface area (Å²) in [6.45, 7) is 4.74. The summed E-state index contributed by atoms with van der Waals surface area (Å²) in [5, 5.41) is 0.690. The van der Waals surface area contributed by atoms with Crippen LogP contribution >= 0.6 is 18.9 Å². The van der Waals surface area contributed by atoms with Crippen LogP contribution in [0.2, 0.25) is 0 Å². The van der Waals surface area contributed by atoms with Crippen molar-refractivity contribution in [3.63, 3.8) is 0 Å². The molecule has 1 heterocycles. The van der Waals surface area contributed by atoms with Crippen molar-refractivity contribution in [2.24, 2.45) is 11.5 Å². The molecule has 1 aromatic heterocycles. The van der Waals surface area contributed by atoms with Crippen LogP contribution in [0.15, 0.2) is 28.5 Å². The van der Waals surface area contributed by atoms with Gasteiger partial charge >= 0.3 is 7.60 Å². The molecule has 0 aliphatic carbocycles. The molecule has 2 aromatic rings. The topological polar surface area (TPSA) is 168 Å². The van der Waals surface area contributed by atoms with Crippen LogP contribution in [0, 0.1) is 0 Å². The number of fused-ring (bicyclic) bond motifs is 1. The predicted molar refractivity (Wildman–Crippen MR) is 128 cm³/mol. The molecule has 13 heteroatoms. The van der Waals surface area contributed by atoms with E-state index in [2.05, 4.69) is 4.90 Å². The van der Waals surface area contributed by atoms with Gasteiger partial charge in [-0.2, -0.15) is 4.72 Å². The van der Waals surface area contributed by atoms with Crippen LogP contribution in [0.1, 0.15) is 25.7 Å². The molecule has 10 nitrogen and oxygen atoms in total. The van der Waals surface area contributed by atoms with Gasteiger partial charge in [0.2, 0.25) is 0 Å². The van der Waals surface area contributed by atoms with Crippen molar-refractivity contribution in [3.05, 3.63) is 24.3 Å². The summed E-state index contributed by atoms with van der Waals surface area (Å²) in [5.74, 6) is 0.638. The van der Waals surface area contributed by atoms with E-state index in [0.717, 1.165) is 61.4 Å². The van der Waals surface area contributed by atoms with Crippen molar-refractivity contribution < 1.29 is 27.5 Å². The summed E-state index contributed by atoms with van der Waals surface area (Å²) < 4.78 is 44.0. The lowest BCUT2D eigenvalue weighted by atomic mass is 10.2. The molecule has 0 aliphatic heterocycles. The number of sulfonamides is 1. The van der Waals surface area contributed by atoms with Gasteiger partial charge < -0.3 is 30.9 Å². The van der Waals surface area contributed by atoms with Crippen molar-refractivity contribution in [3.8, 4) is 5.75 Å². The van der Waals surface area contributed by atoms with E-state index in [1.807, 2.05) is 4.72 Å². The van der Waals surface area contributed by atoms with E-state index in [4.69, 9.17) is 26.0 Å². The number of nitrogens with two attached hydrogens (primary N) is 2. The third-order valence-electron chi connectivity index (χ3n) is 4.68. The summed E-state index contributed by atoms with van der Waals surface area (Å²) in [4.78, 5) is 20.2. The fraction of sp³-hybridized carbons (Fsp3) is 0.579. The summed E-state index contributed by atoms with van der Waals surface area (Å²) >= 11 is 1.03. The van der Waals surface area contributed by atoms with E-state index in [0.29, 0.717) is 30.8 Å². The van der Waals surface area contributed by atoms with Gasteiger partial charge in [-0.05, 0) is 81.5 Å². The quantitative estimate of drug-likeness (QED) is 0.166. The Hall–Kier alpha value is -1.08. The smallest absolute Gasteiger partial charge is 0.340 e. The summed E-state index contributed by atoms with van der Waals surface area (Å²) in [5.41, 5.74) is 11.2. The molecule has 7 N–H and O–H groups in total.